The molecule has 1 N–H and O–H groups in total. The van der Waals surface area contributed by atoms with Gasteiger partial charge in [-0.1, -0.05) is 19.3 Å². The zero-order valence-electron chi connectivity index (χ0n) is 20.0. The van der Waals surface area contributed by atoms with E-state index in [4.69, 9.17) is 9.47 Å². The summed E-state index contributed by atoms with van der Waals surface area (Å²) in [5.74, 6) is 0.404. The molecule has 3 aromatic rings. The number of rotatable bonds is 8. The number of nitrogens with zero attached hydrogens (tertiary/aromatic N) is 6. The van der Waals surface area contributed by atoms with Crippen LogP contribution >= 0.6 is 0 Å². The van der Waals surface area contributed by atoms with Crippen molar-refractivity contribution in [3.63, 3.8) is 0 Å². The lowest BCUT2D eigenvalue weighted by atomic mass is 9.95. The van der Waals surface area contributed by atoms with Crippen LogP contribution in [0.25, 0.3) is 10.9 Å². The minimum atomic E-state index is -0.523. The first-order valence-corrected chi connectivity index (χ1v) is 12.2. The molecule has 190 valence electrons. The van der Waals surface area contributed by atoms with Gasteiger partial charge in [0.15, 0.2) is 5.75 Å². The first-order valence-electron chi connectivity index (χ1n) is 12.2. The highest BCUT2D eigenvalue weighted by molar-refractivity contribution is 5.98. The molecule has 1 atom stereocenters. The summed E-state index contributed by atoms with van der Waals surface area (Å²) in [5.41, 5.74) is 1.17. The van der Waals surface area contributed by atoms with E-state index >= 15 is 0 Å². The molecule has 1 aliphatic carbocycles. The molecule has 2 aromatic heterocycles. The molecule has 1 saturated heterocycles. The number of ether oxygens (including phenoxy) is 2. The third-order valence-electron chi connectivity index (χ3n) is 6.67. The zero-order chi connectivity index (χ0) is 25.8. The number of fused-ring (bicyclic) bond motifs is 1. The molecular weight excluding hydrogens is 478 g/mol. The van der Waals surface area contributed by atoms with Gasteiger partial charge in [-0.25, -0.2) is 9.97 Å². The van der Waals surface area contributed by atoms with Gasteiger partial charge in [-0.2, -0.15) is 5.26 Å². The van der Waals surface area contributed by atoms with Crippen molar-refractivity contribution < 1.29 is 19.2 Å². The summed E-state index contributed by atoms with van der Waals surface area (Å²) >= 11 is 0. The number of aromatic nitrogens is 3. The van der Waals surface area contributed by atoms with Gasteiger partial charge in [0.2, 0.25) is 12.4 Å². The fourth-order valence-corrected chi connectivity index (χ4v) is 4.77. The summed E-state index contributed by atoms with van der Waals surface area (Å²) in [6, 6.07) is 5.00. The Labute approximate surface area is 212 Å². The molecule has 2 fully saturated rings. The maximum atomic E-state index is 11.9. The summed E-state index contributed by atoms with van der Waals surface area (Å²) in [6.07, 6.45) is 10.7. The molecule has 12 nitrogen and oxygen atoms in total. The van der Waals surface area contributed by atoms with Crippen molar-refractivity contribution in [2.45, 2.75) is 50.7 Å². The third kappa shape index (κ3) is 5.12. The second kappa shape index (κ2) is 10.7. The number of nitriles is 1. The van der Waals surface area contributed by atoms with Crippen LogP contribution in [0.15, 0.2) is 30.7 Å². The van der Waals surface area contributed by atoms with Crippen molar-refractivity contribution in [3.8, 4) is 11.8 Å². The molecule has 0 bridgehead atoms. The molecule has 1 aromatic carbocycles. The number of anilines is 3. The van der Waals surface area contributed by atoms with Gasteiger partial charge in [0.25, 0.3) is 0 Å². The van der Waals surface area contributed by atoms with Crippen LogP contribution in [0.3, 0.4) is 0 Å². The number of nitrogens with one attached hydrogen (secondary N) is 1. The molecule has 12 heteroatoms. The summed E-state index contributed by atoms with van der Waals surface area (Å²) < 4.78 is 11.1. The number of amides is 1. The van der Waals surface area contributed by atoms with E-state index in [0.717, 1.165) is 38.5 Å². The topological polar surface area (TPSA) is 156 Å². The summed E-state index contributed by atoms with van der Waals surface area (Å²) in [5, 5.41) is 25.0. The Morgan fingerprint density at radius 2 is 1.95 bits per heavy atom. The SMILES string of the molecule is N#Cc1cnc2cc(OC3CCOC3)c([N+](=O)[O-])cc2c1Nc1cnc(N(C=O)C2CCCCC2)nc1. The minimum Gasteiger partial charge on any atom is -0.481 e. The van der Waals surface area contributed by atoms with Gasteiger partial charge >= 0.3 is 5.69 Å². The number of hydrogen-bond donors (Lipinski definition) is 1. The summed E-state index contributed by atoms with van der Waals surface area (Å²) in [4.78, 5) is 37.7. The maximum absolute atomic E-state index is 11.9. The largest absolute Gasteiger partial charge is 0.481 e. The first kappa shape index (κ1) is 24.3. The highest BCUT2D eigenvalue weighted by atomic mass is 16.6. The third-order valence-corrected chi connectivity index (χ3v) is 6.67. The van der Waals surface area contributed by atoms with E-state index in [0.29, 0.717) is 47.9 Å². The van der Waals surface area contributed by atoms with Crippen LogP contribution in [0.5, 0.6) is 5.75 Å². The quantitative estimate of drug-likeness (QED) is 0.270. The highest BCUT2D eigenvalue weighted by Crippen LogP contribution is 2.38. The number of carbonyl (C=O) groups is 1. The Morgan fingerprint density at radius 1 is 1.16 bits per heavy atom. The predicted octanol–water partition coefficient (Wildman–Crippen LogP) is 4.01. The maximum Gasteiger partial charge on any atom is 0.311 e. The lowest BCUT2D eigenvalue weighted by Gasteiger charge is -2.29. The number of hydrogen-bond acceptors (Lipinski definition) is 10. The standard InChI is InChI=1S/C25H25N7O5/c26-10-16-11-27-21-9-23(37-19-6-7-36-14-19)22(32(34)35)8-20(21)24(16)30-17-12-28-25(29-13-17)31(15-33)18-4-2-1-3-5-18/h8-9,11-13,15,18-19H,1-7,14H2,(H,27,30). The zero-order valence-corrected chi connectivity index (χ0v) is 20.0. The molecule has 3 heterocycles. The summed E-state index contributed by atoms with van der Waals surface area (Å²) in [6.45, 7) is 0.900. The average Bonchev–Trinajstić information content (AvgIpc) is 3.43. The van der Waals surface area contributed by atoms with Crippen LogP contribution in [0.4, 0.5) is 23.0 Å². The van der Waals surface area contributed by atoms with Gasteiger partial charge in [0, 0.05) is 36.2 Å². The fraction of sp³-hybridized carbons (Fsp3) is 0.400. The molecule has 2 aliphatic rings. The average molecular weight is 504 g/mol. The first-order chi connectivity index (χ1) is 18.1. The van der Waals surface area contributed by atoms with Gasteiger partial charge in [-0.05, 0) is 12.8 Å². The van der Waals surface area contributed by atoms with Crippen LogP contribution in [0.2, 0.25) is 0 Å². The highest BCUT2D eigenvalue weighted by Gasteiger charge is 2.26. The van der Waals surface area contributed by atoms with Crippen molar-refractivity contribution >= 4 is 40.3 Å². The van der Waals surface area contributed by atoms with Crippen molar-refractivity contribution in [1.82, 2.24) is 15.0 Å². The van der Waals surface area contributed by atoms with Gasteiger partial charge in [0.1, 0.15) is 12.2 Å². The van der Waals surface area contributed by atoms with Crippen LogP contribution in [-0.4, -0.2) is 51.6 Å². The van der Waals surface area contributed by atoms with Crippen molar-refractivity contribution in [2.75, 3.05) is 23.4 Å². The van der Waals surface area contributed by atoms with E-state index in [9.17, 15) is 20.2 Å². The van der Waals surface area contributed by atoms with Crippen LogP contribution in [0, 0.1) is 21.4 Å². The van der Waals surface area contributed by atoms with Gasteiger partial charge in [-0.3, -0.25) is 24.8 Å². The Hall–Kier alpha value is -4.37. The van der Waals surface area contributed by atoms with E-state index in [1.54, 1.807) is 4.90 Å². The molecule has 1 saturated carbocycles. The van der Waals surface area contributed by atoms with E-state index in [1.807, 2.05) is 0 Å². The van der Waals surface area contributed by atoms with Gasteiger partial charge < -0.3 is 14.8 Å². The minimum absolute atomic E-state index is 0.0761. The Balaban J connectivity index is 1.47. The molecule has 1 aliphatic heterocycles. The Morgan fingerprint density at radius 3 is 2.59 bits per heavy atom. The van der Waals surface area contributed by atoms with Crippen LogP contribution in [0.1, 0.15) is 44.1 Å². The Kier molecular flexibility index (Phi) is 7.04. The summed E-state index contributed by atoms with van der Waals surface area (Å²) in [7, 11) is 0. The van der Waals surface area contributed by atoms with Crippen molar-refractivity contribution in [3.05, 3.63) is 46.4 Å². The molecule has 1 amide bonds. The Bertz CT molecular complexity index is 1350. The van der Waals surface area contributed by atoms with E-state index in [1.165, 1.54) is 30.7 Å². The van der Waals surface area contributed by atoms with E-state index < -0.39 is 4.92 Å². The van der Waals surface area contributed by atoms with E-state index in [2.05, 4.69) is 26.3 Å². The molecule has 37 heavy (non-hydrogen) atoms. The smallest absolute Gasteiger partial charge is 0.311 e. The van der Waals surface area contributed by atoms with E-state index in [-0.39, 0.29) is 29.1 Å². The lowest BCUT2D eigenvalue weighted by molar-refractivity contribution is -0.385. The second-order valence-electron chi connectivity index (χ2n) is 9.06. The fourth-order valence-electron chi connectivity index (χ4n) is 4.77. The molecule has 5 rings (SSSR count). The number of carbonyl (C=O) groups excluding carboxylic acids is 1. The molecule has 0 radical (unpaired) electrons. The predicted molar refractivity (Wildman–Crippen MR) is 134 cm³/mol. The van der Waals surface area contributed by atoms with Crippen LogP contribution in [-0.2, 0) is 9.53 Å². The monoisotopic (exact) mass is 503 g/mol. The van der Waals surface area contributed by atoms with Crippen molar-refractivity contribution in [2.24, 2.45) is 0 Å². The number of nitro groups is 1. The number of pyridine rings is 1. The number of nitro benzene ring substituents is 1. The molecular formula is C25H25N7O5. The number of benzene rings is 1. The second-order valence-corrected chi connectivity index (χ2v) is 9.06. The molecule has 1 unspecified atom stereocenters. The van der Waals surface area contributed by atoms with Crippen molar-refractivity contribution in [1.29, 1.82) is 5.26 Å². The molecule has 0 spiro atoms. The van der Waals surface area contributed by atoms with Gasteiger partial charge in [-0.15, -0.1) is 0 Å². The van der Waals surface area contributed by atoms with Crippen LogP contribution < -0.4 is 15.0 Å². The lowest BCUT2D eigenvalue weighted by Crippen LogP contribution is -2.36. The van der Waals surface area contributed by atoms with Gasteiger partial charge in [0.05, 0.1) is 53.0 Å². The normalized spacial score (nSPS) is 17.8.